The fraction of sp³-hybridized carbons (Fsp3) is 0.500. The topological polar surface area (TPSA) is 29.3 Å². The van der Waals surface area contributed by atoms with Crippen molar-refractivity contribution in [2.45, 2.75) is 26.2 Å². The number of hydrogen-bond donors (Lipinski definition) is 1. The maximum atomic E-state index is 5.85. The summed E-state index contributed by atoms with van der Waals surface area (Å²) in [7, 11) is 0. The lowest BCUT2D eigenvalue weighted by Gasteiger charge is -2.34. The Morgan fingerprint density at radius 2 is 2.11 bits per heavy atom. The van der Waals surface area contributed by atoms with Crippen LogP contribution in [0.1, 0.15) is 31.7 Å². The van der Waals surface area contributed by atoms with Crippen molar-refractivity contribution in [2.24, 2.45) is 11.7 Å². The highest BCUT2D eigenvalue weighted by Gasteiger charge is 2.21. The lowest BCUT2D eigenvalue weighted by Crippen LogP contribution is -2.35. The quantitative estimate of drug-likeness (QED) is 0.858. The van der Waals surface area contributed by atoms with E-state index in [-0.39, 0.29) is 0 Å². The first-order chi connectivity index (χ1) is 8.63. The van der Waals surface area contributed by atoms with Gasteiger partial charge in [-0.05, 0) is 46.8 Å². The second-order valence-corrected chi connectivity index (χ2v) is 6.13. The minimum Gasteiger partial charge on any atom is -0.389 e. The molecule has 0 aromatic heterocycles. The first-order valence-corrected chi connectivity index (χ1v) is 7.66. The van der Waals surface area contributed by atoms with Crippen LogP contribution in [0, 0.1) is 5.92 Å². The van der Waals surface area contributed by atoms with Crippen molar-refractivity contribution in [1.29, 1.82) is 0 Å². The number of thiocarbonyl (C=S) groups is 1. The van der Waals surface area contributed by atoms with Gasteiger partial charge >= 0.3 is 0 Å². The summed E-state index contributed by atoms with van der Waals surface area (Å²) in [5.74, 6) is 0.877. The molecule has 18 heavy (non-hydrogen) atoms. The zero-order valence-electron chi connectivity index (χ0n) is 10.7. The highest BCUT2D eigenvalue weighted by molar-refractivity contribution is 9.10. The molecule has 0 radical (unpaired) electrons. The lowest BCUT2D eigenvalue weighted by molar-refractivity contribution is 0.395. The third-order valence-corrected chi connectivity index (χ3v) is 4.64. The molecule has 1 aliphatic heterocycles. The Morgan fingerprint density at radius 1 is 1.44 bits per heavy atom. The summed E-state index contributed by atoms with van der Waals surface area (Å²) in [6.07, 6.45) is 3.81. The molecule has 1 aromatic rings. The van der Waals surface area contributed by atoms with E-state index in [1.54, 1.807) is 0 Å². The Hall–Kier alpha value is -0.610. The van der Waals surface area contributed by atoms with Crippen molar-refractivity contribution in [1.82, 2.24) is 0 Å². The van der Waals surface area contributed by atoms with Crippen LogP contribution in [0.25, 0.3) is 0 Å². The molecule has 1 aromatic carbocycles. The molecule has 1 fully saturated rings. The Kier molecular flexibility index (Phi) is 4.62. The molecule has 1 aliphatic rings. The molecular weight excluding hydrogens is 308 g/mol. The zero-order valence-corrected chi connectivity index (χ0v) is 13.1. The van der Waals surface area contributed by atoms with Gasteiger partial charge in [0.15, 0.2) is 0 Å². The van der Waals surface area contributed by atoms with Gasteiger partial charge in [0.2, 0.25) is 0 Å². The van der Waals surface area contributed by atoms with Gasteiger partial charge in [-0.2, -0.15) is 0 Å². The SMILES string of the molecule is CCC1CCN(c2cccc(Br)c2C(N)=S)CC1. The highest BCUT2D eigenvalue weighted by Crippen LogP contribution is 2.31. The van der Waals surface area contributed by atoms with Gasteiger partial charge in [0, 0.05) is 28.8 Å². The van der Waals surface area contributed by atoms with Crippen LogP contribution < -0.4 is 10.6 Å². The van der Waals surface area contributed by atoms with Crippen molar-refractivity contribution in [2.75, 3.05) is 18.0 Å². The minimum absolute atomic E-state index is 0.468. The van der Waals surface area contributed by atoms with Crippen molar-refractivity contribution < 1.29 is 0 Å². The first-order valence-electron chi connectivity index (χ1n) is 6.46. The van der Waals surface area contributed by atoms with Crippen molar-refractivity contribution in [3.63, 3.8) is 0 Å². The van der Waals surface area contributed by atoms with Crippen LogP contribution in [0.5, 0.6) is 0 Å². The number of anilines is 1. The molecule has 4 heteroatoms. The Labute approximate surface area is 123 Å². The van der Waals surface area contributed by atoms with Crippen molar-refractivity contribution in [3.8, 4) is 0 Å². The largest absolute Gasteiger partial charge is 0.389 e. The molecule has 2 rings (SSSR count). The summed E-state index contributed by atoms with van der Waals surface area (Å²) in [6, 6.07) is 6.16. The van der Waals surface area contributed by atoms with E-state index >= 15 is 0 Å². The fourth-order valence-corrected chi connectivity index (χ4v) is 3.52. The fourth-order valence-electron chi connectivity index (χ4n) is 2.60. The van der Waals surface area contributed by atoms with E-state index in [1.165, 1.54) is 24.9 Å². The van der Waals surface area contributed by atoms with Crippen molar-refractivity contribution >= 4 is 38.8 Å². The van der Waals surface area contributed by atoms with Crippen molar-refractivity contribution in [3.05, 3.63) is 28.2 Å². The summed E-state index contributed by atoms with van der Waals surface area (Å²) in [5, 5.41) is 0. The second kappa shape index (κ2) is 6.02. The van der Waals surface area contributed by atoms with Gasteiger partial charge in [-0.25, -0.2) is 0 Å². The van der Waals surface area contributed by atoms with Gasteiger partial charge in [-0.15, -0.1) is 0 Å². The lowest BCUT2D eigenvalue weighted by atomic mass is 9.94. The Balaban J connectivity index is 2.24. The first kappa shape index (κ1) is 13.8. The van der Waals surface area contributed by atoms with Gasteiger partial charge in [0.05, 0.1) is 0 Å². The van der Waals surface area contributed by atoms with Crippen LogP contribution in [0.15, 0.2) is 22.7 Å². The van der Waals surface area contributed by atoms with Gasteiger partial charge in [0.25, 0.3) is 0 Å². The van der Waals surface area contributed by atoms with Crippen LogP contribution in [-0.4, -0.2) is 18.1 Å². The normalized spacial score (nSPS) is 16.9. The van der Waals surface area contributed by atoms with E-state index in [2.05, 4.69) is 33.8 Å². The van der Waals surface area contributed by atoms with Gasteiger partial charge < -0.3 is 10.6 Å². The van der Waals surface area contributed by atoms with E-state index in [4.69, 9.17) is 18.0 Å². The molecule has 2 N–H and O–H groups in total. The van der Waals surface area contributed by atoms with E-state index in [1.807, 2.05) is 12.1 Å². The van der Waals surface area contributed by atoms with Crippen LogP contribution in [0.4, 0.5) is 5.69 Å². The summed E-state index contributed by atoms with van der Waals surface area (Å²) in [4.78, 5) is 2.88. The second-order valence-electron chi connectivity index (χ2n) is 4.84. The number of benzene rings is 1. The molecule has 0 spiro atoms. The summed E-state index contributed by atoms with van der Waals surface area (Å²) >= 11 is 8.72. The summed E-state index contributed by atoms with van der Waals surface area (Å²) in [5.41, 5.74) is 8.00. The summed E-state index contributed by atoms with van der Waals surface area (Å²) < 4.78 is 0.991. The highest BCUT2D eigenvalue weighted by atomic mass is 79.9. The maximum absolute atomic E-state index is 5.85. The molecule has 0 saturated carbocycles. The molecule has 98 valence electrons. The third kappa shape index (κ3) is 2.86. The Morgan fingerprint density at radius 3 is 2.67 bits per heavy atom. The maximum Gasteiger partial charge on any atom is 0.107 e. The third-order valence-electron chi connectivity index (χ3n) is 3.77. The number of piperidine rings is 1. The zero-order chi connectivity index (χ0) is 13.1. The van der Waals surface area contributed by atoms with E-state index < -0.39 is 0 Å². The molecule has 0 unspecified atom stereocenters. The van der Waals surface area contributed by atoms with Crippen LogP contribution in [0.3, 0.4) is 0 Å². The molecule has 0 atom stereocenters. The van der Waals surface area contributed by atoms with E-state index in [0.29, 0.717) is 4.99 Å². The molecule has 0 aliphatic carbocycles. The average Bonchev–Trinajstić information content (AvgIpc) is 2.38. The predicted molar refractivity (Wildman–Crippen MR) is 85.3 cm³/mol. The number of hydrogen-bond acceptors (Lipinski definition) is 2. The molecule has 0 bridgehead atoms. The summed E-state index contributed by atoms with van der Waals surface area (Å²) in [6.45, 7) is 4.48. The predicted octanol–water partition coefficient (Wildman–Crippen LogP) is 3.71. The minimum atomic E-state index is 0.468. The van der Waals surface area contributed by atoms with Gasteiger partial charge in [-0.1, -0.05) is 31.6 Å². The molecule has 1 heterocycles. The van der Waals surface area contributed by atoms with E-state index in [0.717, 1.165) is 29.0 Å². The van der Waals surface area contributed by atoms with Crippen LogP contribution in [-0.2, 0) is 0 Å². The Bertz CT molecular complexity index is 439. The molecule has 2 nitrogen and oxygen atoms in total. The smallest absolute Gasteiger partial charge is 0.107 e. The number of nitrogens with two attached hydrogens (primary N) is 1. The number of rotatable bonds is 3. The number of halogens is 1. The molecule has 1 saturated heterocycles. The van der Waals surface area contributed by atoms with E-state index in [9.17, 15) is 0 Å². The molecular formula is C14H19BrN2S. The number of nitrogens with zero attached hydrogens (tertiary/aromatic N) is 1. The standard InChI is InChI=1S/C14H19BrN2S/c1-2-10-6-8-17(9-7-10)12-5-3-4-11(15)13(12)14(16)18/h3-5,10H,2,6-9H2,1H3,(H2,16,18). The van der Waals surface area contributed by atoms with Crippen LogP contribution in [0.2, 0.25) is 0 Å². The van der Waals surface area contributed by atoms with Crippen LogP contribution >= 0.6 is 28.1 Å². The average molecular weight is 327 g/mol. The molecule has 0 amide bonds. The van der Waals surface area contributed by atoms with Gasteiger partial charge in [-0.3, -0.25) is 0 Å². The monoisotopic (exact) mass is 326 g/mol. The van der Waals surface area contributed by atoms with Gasteiger partial charge in [0.1, 0.15) is 4.99 Å².